The Kier molecular flexibility index (Phi) is 7.29. The van der Waals surface area contributed by atoms with E-state index in [2.05, 4.69) is 27.8 Å². The minimum atomic E-state index is -0.929. The van der Waals surface area contributed by atoms with Gasteiger partial charge in [-0.15, -0.1) is 18.2 Å². The van der Waals surface area contributed by atoms with Crippen molar-refractivity contribution in [2.75, 3.05) is 5.33 Å². The number of hydrogen-bond acceptors (Lipinski definition) is 2. The smallest absolute Gasteiger partial charge is 0.189 e. The molecule has 0 aromatic heterocycles. The molecule has 0 aliphatic carbocycles. The Hall–Kier alpha value is -1.56. The second kappa shape index (κ2) is 9.22. The van der Waals surface area contributed by atoms with Gasteiger partial charge in [-0.2, -0.15) is 0 Å². The van der Waals surface area contributed by atoms with Crippen LogP contribution in [0.15, 0.2) is 55.1 Å². The third kappa shape index (κ3) is 4.75. The molecule has 2 aromatic rings. The van der Waals surface area contributed by atoms with Crippen LogP contribution in [0.1, 0.15) is 27.5 Å². The van der Waals surface area contributed by atoms with Gasteiger partial charge in [-0.3, -0.25) is 10.1 Å². The van der Waals surface area contributed by atoms with Gasteiger partial charge in [-0.1, -0.05) is 52.3 Å². The predicted octanol–water partition coefficient (Wildman–Crippen LogP) is 5.17. The van der Waals surface area contributed by atoms with E-state index in [9.17, 15) is 13.6 Å². The van der Waals surface area contributed by atoms with Crippen molar-refractivity contribution in [3.63, 3.8) is 0 Å². The van der Waals surface area contributed by atoms with E-state index < -0.39 is 29.0 Å². The first-order valence-corrected chi connectivity index (χ1v) is 9.25. The summed E-state index contributed by atoms with van der Waals surface area (Å²) in [6, 6.07) is 9.73. The van der Waals surface area contributed by atoms with Crippen LogP contribution in [-0.4, -0.2) is 17.2 Å². The van der Waals surface area contributed by atoms with E-state index in [1.54, 1.807) is 0 Å². The Bertz CT molecular complexity index is 731. The third-order valence-corrected chi connectivity index (χ3v) is 4.75. The molecule has 0 aliphatic heterocycles. The van der Waals surface area contributed by atoms with Gasteiger partial charge in [0.1, 0.15) is 11.6 Å². The molecule has 2 unspecified atom stereocenters. The molecular formula is C19H17BrClF2NO. The number of hydrogen-bond donors (Lipinski definition) is 1. The lowest BCUT2D eigenvalue weighted by Crippen LogP contribution is -2.39. The number of carbonyl (C=O) groups is 1. The van der Waals surface area contributed by atoms with Crippen LogP contribution in [0.25, 0.3) is 0 Å². The van der Waals surface area contributed by atoms with Gasteiger partial charge in [0, 0.05) is 17.3 Å². The molecule has 25 heavy (non-hydrogen) atoms. The van der Waals surface area contributed by atoms with Crippen LogP contribution in [0.2, 0.25) is 0 Å². The summed E-state index contributed by atoms with van der Waals surface area (Å²) in [5.74, 6) is -2.07. The van der Waals surface area contributed by atoms with Crippen molar-refractivity contribution >= 4 is 33.3 Å². The molecule has 0 saturated carbocycles. The fourth-order valence-electron chi connectivity index (χ4n) is 2.43. The second-order valence-electron chi connectivity index (χ2n) is 5.42. The number of alkyl halides is 2. The van der Waals surface area contributed by atoms with Gasteiger partial charge in [0.05, 0.1) is 11.6 Å². The zero-order valence-electron chi connectivity index (χ0n) is 13.3. The van der Waals surface area contributed by atoms with E-state index in [1.807, 2.05) is 24.3 Å². The van der Waals surface area contributed by atoms with Crippen LogP contribution >= 0.6 is 27.5 Å². The number of Topliss-reactive ketones (excluding diaryl/α,β-unsaturated/α-hetero) is 1. The van der Waals surface area contributed by atoms with E-state index >= 15 is 0 Å². The summed E-state index contributed by atoms with van der Waals surface area (Å²) in [5.41, 5.74) is 1.33. The first-order chi connectivity index (χ1) is 12.0. The summed E-state index contributed by atoms with van der Waals surface area (Å²) in [6.07, 6.45) is 1.34. The molecule has 0 bridgehead atoms. The lowest BCUT2D eigenvalue weighted by Gasteiger charge is -2.22. The molecule has 2 rings (SSSR count). The topological polar surface area (TPSA) is 29.1 Å². The van der Waals surface area contributed by atoms with Crippen molar-refractivity contribution in [1.82, 2.24) is 5.32 Å². The standard InChI is InChI=1S/C19H17BrClF2NO/c1-2-16(19(25)18-14(22)4-3-5-15(18)23)24-17(10-20)13-8-6-12(11-21)7-9-13/h2-9,16-17,24H,1,10-11H2. The molecule has 6 heteroatoms. The molecule has 0 saturated heterocycles. The van der Waals surface area contributed by atoms with Gasteiger partial charge < -0.3 is 0 Å². The normalized spacial score (nSPS) is 13.3. The Labute approximate surface area is 159 Å². The van der Waals surface area contributed by atoms with E-state index in [1.165, 1.54) is 12.1 Å². The summed E-state index contributed by atoms with van der Waals surface area (Å²) in [4.78, 5) is 12.6. The molecule has 0 radical (unpaired) electrons. The van der Waals surface area contributed by atoms with Gasteiger partial charge in [0.25, 0.3) is 0 Å². The van der Waals surface area contributed by atoms with Crippen LogP contribution in [0, 0.1) is 11.6 Å². The fourth-order valence-corrected chi connectivity index (χ4v) is 3.16. The van der Waals surface area contributed by atoms with E-state index in [0.717, 1.165) is 23.3 Å². The van der Waals surface area contributed by atoms with Crippen LogP contribution in [0.4, 0.5) is 8.78 Å². The molecule has 1 N–H and O–H groups in total. The van der Waals surface area contributed by atoms with Gasteiger partial charge in [0.15, 0.2) is 5.78 Å². The first kappa shape index (κ1) is 19.8. The highest BCUT2D eigenvalue weighted by Crippen LogP contribution is 2.20. The number of rotatable bonds is 8. The second-order valence-corrected chi connectivity index (χ2v) is 6.34. The predicted molar refractivity (Wildman–Crippen MR) is 100 cm³/mol. The SMILES string of the molecule is C=CC(NC(CBr)c1ccc(CCl)cc1)C(=O)c1c(F)cccc1F. The van der Waals surface area contributed by atoms with Crippen molar-refractivity contribution < 1.29 is 13.6 Å². The van der Waals surface area contributed by atoms with Gasteiger partial charge in [-0.25, -0.2) is 8.78 Å². The minimum absolute atomic E-state index is 0.244. The van der Waals surface area contributed by atoms with Crippen molar-refractivity contribution in [3.8, 4) is 0 Å². The van der Waals surface area contributed by atoms with E-state index in [4.69, 9.17) is 11.6 Å². The Balaban J connectivity index is 2.24. The molecule has 2 aromatic carbocycles. The number of ketones is 1. The molecule has 0 fully saturated rings. The summed E-state index contributed by atoms with van der Waals surface area (Å²) < 4.78 is 27.8. The van der Waals surface area contributed by atoms with E-state index in [0.29, 0.717) is 11.2 Å². The van der Waals surface area contributed by atoms with Crippen LogP contribution in [0.5, 0.6) is 0 Å². The molecule has 0 amide bonds. The van der Waals surface area contributed by atoms with Crippen molar-refractivity contribution in [2.45, 2.75) is 18.0 Å². The summed E-state index contributed by atoms with van der Waals surface area (Å²) in [5, 5.41) is 3.58. The largest absolute Gasteiger partial charge is 0.296 e. The number of carbonyl (C=O) groups excluding carboxylic acids is 1. The monoisotopic (exact) mass is 427 g/mol. The van der Waals surface area contributed by atoms with Crippen LogP contribution < -0.4 is 5.32 Å². The highest BCUT2D eigenvalue weighted by Gasteiger charge is 2.26. The highest BCUT2D eigenvalue weighted by molar-refractivity contribution is 9.09. The summed E-state index contributed by atoms with van der Waals surface area (Å²) in [7, 11) is 0. The quantitative estimate of drug-likeness (QED) is 0.357. The number of halogens is 4. The minimum Gasteiger partial charge on any atom is -0.296 e. The van der Waals surface area contributed by atoms with Crippen LogP contribution in [-0.2, 0) is 5.88 Å². The maximum Gasteiger partial charge on any atom is 0.189 e. The maximum absolute atomic E-state index is 13.9. The zero-order valence-corrected chi connectivity index (χ0v) is 15.7. The molecule has 132 valence electrons. The zero-order chi connectivity index (χ0) is 18.4. The van der Waals surface area contributed by atoms with Gasteiger partial charge >= 0.3 is 0 Å². The summed E-state index contributed by atoms with van der Waals surface area (Å²) >= 11 is 9.18. The van der Waals surface area contributed by atoms with Gasteiger partial charge in [-0.05, 0) is 23.3 Å². The maximum atomic E-state index is 13.9. The molecule has 2 atom stereocenters. The number of benzene rings is 2. The average Bonchev–Trinajstić information content (AvgIpc) is 2.62. The van der Waals surface area contributed by atoms with E-state index in [-0.39, 0.29) is 6.04 Å². The third-order valence-electron chi connectivity index (χ3n) is 3.80. The summed E-state index contributed by atoms with van der Waals surface area (Å²) in [6.45, 7) is 3.61. The molecule has 0 spiro atoms. The van der Waals surface area contributed by atoms with Crippen molar-refractivity contribution in [1.29, 1.82) is 0 Å². The average molecular weight is 429 g/mol. The van der Waals surface area contributed by atoms with Crippen LogP contribution in [0.3, 0.4) is 0 Å². The number of nitrogens with one attached hydrogen (secondary N) is 1. The Morgan fingerprint density at radius 1 is 1.20 bits per heavy atom. The lowest BCUT2D eigenvalue weighted by atomic mass is 10.00. The fraction of sp³-hybridized carbons (Fsp3) is 0.211. The van der Waals surface area contributed by atoms with Crippen molar-refractivity contribution in [3.05, 3.63) is 83.4 Å². The molecule has 2 nitrogen and oxygen atoms in total. The lowest BCUT2D eigenvalue weighted by molar-refractivity contribution is 0.0950. The molecule has 0 heterocycles. The highest BCUT2D eigenvalue weighted by atomic mass is 79.9. The Morgan fingerprint density at radius 3 is 2.28 bits per heavy atom. The molecule has 0 aliphatic rings. The molecular weight excluding hydrogens is 412 g/mol. The Morgan fingerprint density at radius 2 is 1.80 bits per heavy atom. The first-order valence-electron chi connectivity index (χ1n) is 7.59. The van der Waals surface area contributed by atoms with Crippen molar-refractivity contribution in [2.24, 2.45) is 0 Å². The van der Waals surface area contributed by atoms with Gasteiger partial charge in [0.2, 0.25) is 0 Å².